The Morgan fingerprint density at radius 3 is 1.26 bits per heavy atom. The molecule has 8 rings (SSSR count). The molecule has 4 aliphatic rings. The number of fused-ring (bicyclic) bond motifs is 2. The Bertz CT molecular complexity index is 2460. The molecule has 0 aromatic heterocycles. The van der Waals surface area contributed by atoms with Crippen molar-refractivity contribution < 1.29 is 8.85 Å². The molecule has 61 heavy (non-hydrogen) atoms. The van der Waals surface area contributed by atoms with Gasteiger partial charge in [0.05, 0.1) is 8.80 Å². The lowest BCUT2D eigenvalue weighted by atomic mass is 9.88. The van der Waals surface area contributed by atoms with Gasteiger partial charge in [0.1, 0.15) is 11.5 Å². The van der Waals surface area contributed by atoms with Gasteiger partial charge in [-0.2, -0.15) is 0 Å². The lowest BCUT2D eigenvalue weighted by Gasteiger charge is -2.36. The lowest BCUT2D eigenvalue weighted by Crippen LogP contribution is -2.43. The van der Waals surface area contributed by atoms with Gasteiger partial charge < -0.3 is 8.85 Å². The number of rotatable bonds is 9. The molecule has 1 radical (unpaired) electrons. The zero-order valence-electron chi connectivity index (χ0n) is 39.0. The standard InChI is InChI=1S/C56H67O2Si3/c1-14-59(53-37(2)31-51-47(19-15-17-21-49(51)53)43-25-23-41-35-45(29-27-39(41)33-43)57-60(10,11)55(4,5)6)54-38(3)32-52-48(20-16-18-22-50(52)54)44-26-24-42-36-46(30-28-40(42)34-44)58-61(12,13)56(7,8)9/h15-36,47-48,53-54H,14H2,1-13H3. The largest absolute Gasteiger partial charge is 0.543 e. The molecule has 4 unspecified atom stereocenters. The molecule has 0 amide bonds. The van der Waals surface area contributed by atoms with Crippen molar-refractivity contribution in [2.45, 2.75) is 128 Å². The zero-order chi connectivity index (χ0) is 43.6. The maximum atomic E-state index is 6.70. The maximum Gasteiger partial charge on any atom is 0.250 e. The van der Waals surface area contributed by atoms with E-state index in [1.54, 1.807) is 0 Å². The van der Waals surface area contributed by atoms with E-state index in [2.05, 4.69) is 222 Å². The highest BCUT2D eigenvalue weighted by Crippen LogP contribution is 2.55. The summed E-state index contributed by atoms with van der Waals surface area (Å²) in [5.74, 6) is 2.39. The summed E-state index contributed by atoms with van der Waals surface area (Å²) in [6.07, 6.45) is 24.0. The molecule has 0 saturated heterocycles. The van der Waals surface area contributed by atoms with Gasteiger partial charge >= 0.3 is 0 Å². The Labute approximate surface area is 371 Å². The van der Waals surface area contributed by atoms with E-state index in [-0.39, 0.29) is 21.9 Å². The highest BCUT2D eigenvalue weighted by molar-refractivity contribution is 6.75. The van der Waals surface area contributed by atoms with Crippen LogP contribution in [0, 0.1) is 0 Å². The molecule has 4 aromatic carbocycles. The smallest absolute Gasteiger partial charge is 0.250 e. The SMILES string of the molecule is CC[Si](C1C(C)=CC2=C1C=CC=CC2c1ccc2cc(O[Si](C)(C)C(C)(C)C)ccc2c1)C1C(C)=CC2=C1C=CC=CC2c1ccc2cc(O[Si](C)(C)C(C)(C)C)ccc2c1. The van der Waals surface area contributed by atoms with Gasteiger partial charge in [-0.3, -0.25) is 0 Å². The van der Waals surface area contributed by atoms with E-state index in [1.165, 1.54) is 72.2 Å². The molecule has 5 heteroatoms. The van der Waals surface area contributed by atoms with E-state index in [0.29, 0.717) is 11.1 Å². The van der Waals surface area contributed by atoms with Crippen molar-refractivity contribution >= 4 is 47.0 Å². The van der Waals surface area contributed by atoms with Gasteiger partial charge in [0.2, 0.25) is 16.6 Å². The second kappa shape index (κ2) is 16.0. The van der Waals surface area contributed by atoms with Crippen molar-refractivity contribution in [3.05, 3.63) is 178 Å². The van der Waals surface area contributed by atoms with Gasteiger partial charge in [-0.15, -0.1) is 0 Å². The molecular formula is C56H67O2Si3. The number of hydrogen-bond acceptors (Lipinski definition) is 2. The second-order valence-electron chi connectivity index (χ2n) is 21.1. The molecule has 315 valence electrons. The third-order valence-electron chi connectivity index (χ3n) is 14.9. The summed E-state index contributed by atoms with van der Waals surface area (Å²) in [6, 6.07) is 28.7. The van der Waals surface area contributed by atoms with Crippen molar-refractivity contribution in [3.8, 4) is 11.5 Å². The Hall–Kier alpha value is -4.43. The Morgan fingerprint density at radius 2 is 0.885 bits per heavy atom. The summed E-state index contributed by atoms with van der Waals surface area (Å²) in [6.45, 7) is 30.4. The molecule has 4 aliphatic carbocycles. The topological polar surface area (TPSA) is 18.5 Å². The quantitative estimate of drug-likeness (QED) is 0.156. The first-order valence-corrected chi connectivity index (χ1v) is 30.3. The lowest BCUT2D eigenvalue weighted by molar-refractivity contribution is 0.492. The first-order valence-electron chi connectivity index (χ1n) is 22.6. The van der Waals surface area contributed by atoms with Crippen LogP contribution < -0.4 is 8.85 Å². The summed E-state index contributed by atoms with van der Waals surface area (Å²) >= 11 is 0. The average Bonchev–Trinajstić information content (AvgIpc) is 3.48. The van der Waals surface area contributed by atoms with Gasteiger partial charge in [0.15, 0.2) is 0 Å². The van der Waals surface area contributed by atoms with Crippen molar-refractivity contribution in [1.29, 1.82) is 0 Å². The van der Waals surface area contributed by atoms with Crippen LogP contribution in [0.15, 0.2) is 167 Å². The van der Waals surface area contributed by atoms with Gasteiger partial charge in [-0.1, -0.05) is 175 Å². The third-order valence-corrected chi connectivity index (χ3v) is 27.5. The van der Waals surface area contributed by atoms with Gasteiger partial charge in [-0.05, 0) is 140 Å². The van der Waals surface area contributed by atoms with Crippen LogP contribution in [0.3, 0.4) is 0 Å². The van der Waals surface area contributed by atoms with Crippen LogP contribution in [0.4, 0.5) is 0 Å². The molecule has 4 atom stereocenters. The molecule has 0 spiro atoms. The summed E-state index contributed by atoms with van der Waals surface area (Å²) in [5, 5.41) is 5.32. The van der Waals surface area contributed by atoms with Crippen molar-refractivity contribution in [2.24, 2.45) is 0 Å². The van der Waals surface area contributed by atoms with E-state index in [9.17, 15) is 0 Å². The van der Waals surface area contributed by atoms with E-state index in [4.69, 9.17) is 8.85 Å². The molecular weight excluding hydrogens is 789 g/mol. The third kappa shape index (κ3) is 8.19. The predicted octanol–water partition coefficient (Wildman–Crippen LogP) is 16.6. The minimum absolute atomic E-state index is 0.156. The number of allylic oxidation sites excluding steroid dienone is 16. The van der Waals surface area contributed by atoms with Crippen LogP contribution in [-0.4, -0.2) is 25.4 Å². The highest BCUT2D eigenvalue weighted by Gasteiger charge is 2.43. The van der Waals surface area contributed by atoms with Crippen LogP contribution in [-0.2, 0) is 0 Å². The fourth-order valence-corrected chi connectivity index (χ4v) is 15.3. The van der Waals surface area contributed by atoms with E-state index in [0.717, 1.165) is 11.5 Å². The summed E-state index contributed by atoms with van der Waals surface area (Å²) < 4.78 is 13.4. The number of hydrogen-bond donors (Lipinski definition) is 0. The van der Waals surface area contributed by atoms with E-state index in [1.807, 2.05) is 0 Å². The van der Waals surface area contributed by atoms with Crippen molar-refractivity contribution in [3.63, 3.8) is 0 Å². The van der Waals surface area contributed by atoms with Crippen molar-refractivity contribution in [1.82, 2.24) is 0 Å². The molecule has 0 N–H and O–H groups in total. The summed E-state index contributed by atoms with van der Waals surface area (Å²) in [4.78, 5) is 0. The predicted molar refractivity (Wildman–Crippen MR) is 271 cm³/mol. The highest BCUT2D eigenvalue weighted by atomic mass is 28.4. The molecule has 4 aromatic rings. The maximum absolute atomic E-state index is 6.70. The first-order chi connectivity index (χ1) is 28.8. The van der Waals surface area contributed by atoms with Gasteiger partial charge in [-0.25, -0.2) is 0 Å². The number of benzene rings is 4. The van der Waals surface area contributed by atoms with Gasteiger partial charge in [0.25, 0.3) is 0 Å². The van der Waals surface area contributed by atoms with Crippen molar-refractivity contribution in [2.75, 3.05) is 0 Å². The van der Waals surface area contributed by atoms with E-state index >= 15 is 0 Å². The Kier molecular flexibility index (Phi) is 11.4. The van der Waals surface area contributed by atoms with Crippen LogP contribution >= 0.6 is 0 Å². The Morgan fingerprint density at radius 1 is 0.508 bits per heavy atom. The van der Waals surface area contributed by atoms with Crippen LogP contribution in [0.5, 0.6) is 11.5 Å². The van der Waals surface area contributed by atoms with Gasteiger partial charge in [0, 0.05) is 11.8 Å². The zero-order valence-corrected chi connectivity index (χ0v) is 42.0. The fraction of sp³-hybridized carbons (Fsp3) is 0.357. The molecule has 0 heterocycles. The second-order valence-corrected chi connectivity index (χ2v) is 33.6. The van der Waals surface area contributed by atoms with Crippen LogP contribution in [0.25, 0.3) is 21.5 Å². The van der Waals surface area contributed by atoms with E-state index < -0.39 is 25.4 Å². The first kappa shape index (κ1) is 43.2. The van der Waals surface area contributed by atoms with Crippen LogP contribution in [0.2, 0.25) is 53.4 Å². The fourth-order valence-electron chi connectivity index (χ4n) is 9.48. The summed E-state index contributed by atoms with van der Waals surface area (Å²) in [7, 11) is -4.83. The van der Waals surface area contributed by atoms with Crippen LogP contribution in [0.1, 0.15) is 85.3 Å². The summed E-state index contributed by atoms with van der Waals surface area (Å²) in [5.41, 5.74) is 12.7. The average molecular weight is 856 g/mol. The monoisotopic (exact) mass is 855 g/mol. The minimum Gasteiger partial charge on any atom is -0.543 e. The molecule has 0 bridgehead atoms. The molecule has 2 nitrogen and oxygen atoms in total. The minimum atomic E-state index is -1.93. The molecule has 0 saturated carbocycles. The molecule has 0 aliphatic heterocycles. The molecule has 0 fully saturated rings. The Balaban J connectivity index is 1.09. The normalized spacial score (nSPS) is 21.9.